The van der Waals surface area contributed by atoms with E-state index in [1.807, 2.05) is 0 Å². The molecule has 5 heteroatoms. The third-order valence-corrected chi connectivity index (χ3v) is 3.79. The van der Waals surface area contributed by atoms with E-state index < -0.39 is 17.7 Å². The van der Waals surface area contributed by atoms with Gasteiger partial charge in [-0.05, 0) is 39.0 Å². The van der Waals surface area contributed by atoms with Crippen LogP contribution in [0.25, 0.3) is 0 Å². The molecule has 1 aliphatic carbocycles. The third kappa shape index (κ3) is 5.80. The molecule has 20 heavy (non-hydrogen) atoms. The molecular formula is C15H27NO4. The van der Waals surface area contributed by atoms with Gasteiger partial charge in [-0.2, -0.15) is 0 Å². The summed E-state index contributed by atoms with van der Waals surface area (Å²) in [6.45, 7) is 7.52. The van der Waals surface area contributed by atoms with E-state index in [1.54, 1.807) is 20.8 Å². The topological polar surface area (TPSA) is 75.6 Å². The van der Waals surface area contributed by atoms with Crippen molar-refractivity contribution in [2.24, 2.45) is 11.8 Å². The molecule has 5 nitrogen and oxygen atoms in total. The lowest BCUT2D eigenvalue weighted by molar-refractivity contribution is -0.138. The highest BCUT2D eigenvalue weighted by Crippen LogP contribution is 2.33. The van der Waals surface area contributed by atoms with Crippen molar-refractivity contribution >= 4 is 12.1 Å². The van der Waals surface area contributed by atoms with Crippen LogP contribution in [0, 0.1) is 11.8 Å². The summed E-state index contributed by atoms with van der Waals surface area (Å²) in [5.74, 6) is -0.237. The smallest absolute Gasteiger partial charge is 0.407 e. The number of hydrogen-bond donors (Lipinski definition) is 2. The minimum Gasteiger partial charge on any atom is -0.481 e. The van der Waals surface area contributed by atoms with Gasteiger partial charge in [0.2, 0.25) is 0 Å². The molecule has 0 heterocycles. The van der Waals surface area contributed by atoms with Gasteiger partial charge in [0.15, 0.2) is 0 Å². The lowest BCUT2D eigenvalue weighted by atomic mass is 9.75. The fourth-order valence-electron chi connectivity index (χ4n) is 2.90. The molecule has 1 aliphatic rings. The van der Waals surface area contributed by atoms with Crippen LogP contribution in [-0.4, -0.2) is 28.8 Å². The predicted octanol–water partition coefficient (Wildman–Crippen LogP) is 3.18. The maximum atomic E-state index is 11.9. The quantitative estimate of drug-likeness (QED) is 0.831. The van der Waals surface area contributed by atoms with Gasteiger partial charge in [0.05, 0.1) is 6.42 Å². The van der Waals surface area contributed by atoms with Crippen LogP contribution in [-0.2, 0) is 9.53 Å². The molecule has 1 fully saturated rings. The molecule has 1 rings (SSSR count). The predicted molar refractivity (Wildman–Crippen MR) is 76.5 cm³/mol. The van der Waals surface area contributed by atoms with Crippen LogP contribution >= 0.6 is 0 Å². The van der Waals surface area contributed by atoms with Gasteiger partial charge < -0.3 is 15.2 Å². The van der Waals surface area contributed by atoms with Crippen LogP contribution in [0.15, 0.2) is 0 Å². The number of alkyl carbamates (subject to hydrolysis) is 1. The molecule has 0 radical (unpaired) electrons. The highest BCUT2D eigenvalue weighted by molar-refractivity contribution is 5.71. The number of ether oxygens (including phenoxy) is 1. The summed E-state index contributed by atoms with van der Waals surface area (Å²) in [6, 6.07) is -0.349. The lowest BCUT2D eigenvalue weighted by Crippen LogP contribution is -2.46. The molecule has 0 spiro atoms. The Morgan fingerprint density at radius 2 is 1.90 bits per heavy atom. The van der Waals surface area contributed by atoms with Gasteiger partial charge in [-0.1, -0.05) is 26.2 Å². The number of carbonyl (C=O) groups is 2. The minimum absolute atomic E-state index is 0.0474. The molecule has 0 aliphatic heterocycles. The van der Waals surface area contributed by atoms with Crippen molar-refractivity contribution in [2.75, 3.05) is 0 Å². The number of carboxylic acid groups (broad SMARTS) is 1. The average molecular weight is 285 g/mol. The van der Waals surface area contributed by atoms with E-state index in [4.69, 9.17) is 9.84 Å². The molecule has 0 aromatic rings. The Hall–Kier alpha value is -1.26. The standard InChI is InChI=1S/C15H27NO4/c1-10-7-5-6-8-11(10)12(9-13(17)18)16-14(19)20-15(2,3)4/h10-12H,5-9H2,1-4H3,(H,16,19)(H,17,18)/t10?,11?,12-/m1/s1. The number of nitrogens with one attached hydrogen (secondary N) is 1. The van der Waals surface area contributed by atoms with E-state index in [0.717, 1.165) is 19.3 Å². The van der Waals surface area contributed by atoms with Crippen molar-refractivity contribution in [2.45, 2.75) is 71.4 Å². The van der Waals surface area contributed by atoms with Gasteiger partial charge in [0.1, 0.15) is 5.60 Å². The van der Waals surface area contributed by atoms with Crippen LogP contribution in [0.5, 0.6) is 0 Å². The second-order valence-corrected chi connectivity index (χ2v) is 6.78. The van der Waals surface area contributed by atoms with Crippen molar-refractivity contribution in [3.05, 3.63) is 0 Å². The Morgan fingerprint density at radius 3 is 2.40 bits per heavy atom. The Labute approximate surface area is 121 Å². The van der Waals surface area contributed by atoms with E-state index in [0.29, 0.717) is 5.92 Å². The molecule has 116 valence electrons. The first-order valence-corrected chi connectivity index (χ1v) is 7.40. The first-order valence-electron chi connectivity index (χ1n) is 7.40. The number of amides is 1. The first kappa shape index (κ1) is 16.8. The van der Waals surface area contributed by atoms with Crippen molar-refractivity contribution in [1.82, 2.24) is 5.32 Å². The highest BCUT2D eigenvalue weighted by atomic mass is 16.6. The van der Waals surface area contributed by atoms with E-state index in [1.165, 1.54) is 6.42 Å². The van der Waals surface area contributed by atoms with Gasteiger partial charge in [-0.15, -0.1) is 0 Å². The summed E-state index contributed by atoms with van der Waals surface area (Å²) in [5, 5.41) is 11.8. The molecular weight excluding hydrogens is 258 g/mol. The zero-order valence-electron chi connectivity index (χ0n) is 12.9. The molecule has 2 unspecified atom stereocenters. The van der Waals surface area contributed by atoms with Crippen LogP contribution in [0.3, 0.4) is 0 Å². The van der Waals surface area contributed by atoms with Gasteiger partial charge in [-0.3, -0.25) is 4.79 Å². The molecule has 3 atom stereocenters. The first-order chi connectivity index (χ1) is 9.19. The van der Waals surface area contributed by atoms with Gasteiger partial charge in [0.25, 0.3) is 0 Å². The van der Waals surface area contributed by atoms with Gasteiger partial charge in [0, 0.05) is 6.04 Å². The zero-order chi connectivity index (χ0) is 15.3. The van der Waals surface area contributed by atoms with Crippen molar-refractivity contribution in [3.8, 4) is 0 Å². The second kappa shape index (κ2) is 6.95. The van der Waals surface area contributed by atoms with Gasteiger partial charge in [-0.25, -0.2) is 4.79 Å². The fraction of sp³-hybridized carbons (Fsp3) is 0.867. The summed E-state index contributed by atoms with van der Waals surface area (Å²) in [5.41, 5.74) is -0.573. The van der Waals surface area contributed by atoms with Gasteiger partial charge >= 0.3 is 12.1 Å². The molecule has 1 saturated carbocycles. The fourth-order valence-corrected chi connectivity index (χ4v) is 2.90. The van der Waals surface area contributed by atoms with E-state index in [-0.39, 0.29) is 18.4 Å². The Bertz CT molecular complexity index is 348. The van der Waals surface area contributed by atoms with E-state index in [2.05, 4.69) is 12.2 Å². The number of rotatable bonds is 4. The summed E-state index contributed by atoms with van der Waals surface area (Å²) < 4.78 is 5.23. The molecule has 0 bridgehead atoms. The van der Waals surface area contributed by atoms with E-state index in [9.17, 15) is 9.59 Å². The molecule has 1 amide bonds. The lowest BCUT2D eigenvalue weighted by Gasteiger charge is -2.35. The molecule has 0 aromatic heterocycles. The molecule has 0 aromatic carbocycles. The van der Waals surface area contributed by atoms with Crippen LogP contribution in [0.2, 0.25) is 0 Å². The third-order valence-electron chi connectivity index (χ3n) is 3.79. The normalized spacial score (nSPS) is 24.8. The summed E-state index contributed by atoms with van der Waals surface area (Å²) >= 11 is 0. The largest absolute Gasteiger partial charge is 0.481 e. The van der Waals surface area contributed by atoms with Crippen LogP contribution in [0.1, 0.15) is 59.8 Å². The molecule has 0 saturated heterocycles. The second-order valence-electron chi connectivity index (χ2n) is 6.78. The molecule has 2 N–H and O–H groups in total. The van der Waals surface area contributed by atoms with Crippen LogP contribution < -0.4 is 5.32 Å². The summed E-state index contributed by atoms with van der Waals surface area (Å²) in [7, 11) is 0. The van der Waals surface area contributed by atoms with Crippen molar-refractivity contribution in [3.63, 3.8) is 0 Å². The minimum atomic E-state index is -0.885. The number of carbonyl (C=O) groups excluding carboxylic acids is 1. The average Bonchev–Trinajstić information content (AvgIpc) is 2.25. The maximum Gasteiger partial charge on any atom is 0.407 e. The summed E-state index contributed by atoms with van der Waals surface area (Å²) in [4.78, 5) is 22.9. The Kier molecular flexibility index (Phi) is 5.84. The summed E-state index contributed by atoms with van der Waals surface area (Å²) in [6.07, 6.45) is 3.77. The number of aliphatic carboxylic acids is 1. The van der Waals surface area contributed by atoms with Crippen LogP contribution in [0.4, 0.5) is 4.79 Å². The number of carboxylic acids is 1. The maximum absolute atomic E-state index is 11.9. The highest BCUT2D eigenvalue weighted by Gasteiger charge is 2.32. The monoisotopic (exact) mass is 285 g/mol. The van der Waals surface area contributed by atoms with Crippen molar-refractivity contribution in [1.29, 1.82) is 0 Å². The van der Waals surface area contributed by atoms with E-state index >= 15 is 0 Å². The Morgan fingerprint density at radius 1 is 1.30 bits per heavy atom. The Balaban J connectivity index is 2.68. The number of hydrogen-bond acceptors (Lipinski definition) is 3. The van der Waals surface area contributed by atoms with Crippen molar-refractivity contribution < 1.29 is 19.4 Å². The SMILES string of the molecule is CC1CCCCC1[C@@H](CC(=O)O)NC(=O)OC(C)(C)C. The zero-order valence-corrected chi connectivity index (χ0v) is 12.9.